The third-order valence-corrected chi connectivity index (χ3v) is 6.07. The Morgan fingerprint density at radius 2 is 1.41 bits per heavy atom. The predicted octanol–water partition coefficient (Wildman–Crippen LogP) is 5.76. The van der Waals surface area contributed by atoms with Crippen LogP contribution < -0.4 is 0 Å². The summed E-state index contributed by atoms with van der Waals surface area (Å²) in [6.07, 6.45) is 3.25. The Morgan fingerprint density at radius 3 is 1.95 bits per heavy atom. The molecular weight excluding hydrogens is 683 g/mol. The molecule has 39 heavy (non-hydrogen) atoms. The van der Waals surface area contributed by atoms with Crippen molar-refractivity contribution in [1.29, 1.82) is 0 Å². The monoisotopic (exact) mass is 703 g/mol. The third-order valence-electron chi connectivity index (χ3n) is 6.07. The van der Waals surface area contributed by atoms with Crippen LogP contribution in [0.2, 0.25) is 0 Å². The summed E-state index contributed by atoms with van der Waals surface area (Å²) in [6.45, 7) is 3.67. The van der Waals surface area contributed by atoms with Crippen molar-refractivity contribution in [3.05, 3.63) is 114 Å². The number of nitrogens with zero attached hydrogens (tertiary/aromatic N) is 5. The van der Waals surface area contributed by atoms with Crippen molar-refractivity contribution < 1.29 is 39.7 Å². The Labute approximate surface area is 237 Å². The molecule has 0 radical (unpaired) electrons. The van der Waals surface area contributed by atoms with E-state index >= 15 is 0 Å². The van der Waals surface area contributed by atoms with E-state index in [0.717, 1.165) is 6.07 Å². The van der Waals surface area contributed by atoms with Crippen molar-refractivity contribution in [1.82, 2.24) is 24.9 Å². The molecule has 0 spiro atoms. The minimum Gasteiger partial charge on any atom is -0.477 e. The molecule has 0 amide bonds. The second kappa shape index (κ2) is 11.3. The zero-order valence-electron chi connectivity index (χ0n) is 20.7. The van der Waals surface area contributed by atoms with E-state index in [0.29, 0.717) is 33.9 Å². The molecule has 10 heteroatoms. The number of hydrogen-bond acceptors (Lipinski definition) is 6. The molecule has 1 N–H and O–H groups in total. The molecular formula is C29H20F2N5O2Pt-. The fourth-order valence-corrected chi connectivity index (χ4v) is 3.99. The molecule has 0 aliphatic heterocycles. The summed E-state index contributed by atoms with van der Waals surface area (Å²) in [5.74, 6) is -3.24. The van der Waals surface area contributed by atoms with Gasteiger partial charge < -0.3 is 10.1 Å². The molecule has 0 aromatic carbocycles. The van der Waals surface area contributed by atoms with Crippen molar-refractivity contribution in [3.63, 3.8) is 0 Å². The van der Waals surface area contributed by atoms with E-state index in [4.69, 9.17) is 0 Å². The van der Waals surface area contributed by atoms with Crippen molar-refractivity contribution in [2.75, 3.05) is 0 Å². The first-order chi connectivity index (χ1) is 18.2. The Hall–Kier alpha value is -4.23. The molecule has 0 saturated heterocycles. The van der Waals surface area contributed by atoms with Crippen LogP contribution in [0.3, 0.4) is 0 Å². The number of carboxylic acid groups (broad SMARTS) is 1. The number of carboxylic acids is 1. The van der Waals surface area contributed by atoms with Crippen LogP contribution in [0.1, 0.15) is 35.7 Å². The average molecular weight is 704 g/mol. The average Bonchev–Trinajstić information content (AvgIpc) is 2.93. The van der Waals surface area contributed by atoms with E-state index in [9.17, 15) is 18.7 Å². The molecule has 5 rings (SSSR count). The van der Waals surface area contributed by atoms with Crippen molar-refractivity contribution in [3.8, 4) is 33.8 Å². The Kier molecular flexibility index (Phi) is 8.02. The first kappa shape index (κ1) is 27.8. The van der Waals surface area contributed by atoms with Gasteiger partial charge in [-0.1, -0.05) is 29.8 Å². The maximum absolute atomic E-state index is 14.7. The van der Waals surface area contributed by atoms with Gasteiger partial charge in [-0.25, -0.2) is 18.6 Å². The van der Waals surface area contributed by atoms with Gasteiger partial charge in [0.05, 0.1) is 17.1 Å². The molecule has 0 atom stereocenters. The molecule has 5 heterocycles. The van der Waals surface area contributed by atoms with E-state index in [2.05, 4.69) is 31.0 Å². The minimum absolute atomic E-state index is 0. The largest absolute Gasteiger partial charge is 0.477 e. The number of pyridine rings is 5. The third kappa shape index (κ3) is 5.78. The molecule has 7 nitrogen and oxygen atoms in total. The smallest absolute Gasteiger partial charge is 0.354 e. The van der Waals surface area contributed by atoms with Crippen molar-refractivity contribution in [2.24, 2.45) is 0 Å². The van der Waals surface area contributed by atoms with Gasteiger partial charge in [-0.2, -0.15) is 0 Å². The van der Waals surface area contributed by atoms with E-state index in [1.165, 1.54) is 6.07 Å². The predicted molar refractivity (Wildman–Crippen MR) is 136 cm³/mol. The quantitative estimate of drug-likeness (QED) is 0.177. The number of hydrogen-bond donors (Lipinski definition) is 1. The normalized spacial score (nSPS) is 11.1. The molecule has 0 saturated carbocycles. The van der Waals surface area contributed by atoms with Crippen molar-refractivity contribution in [2.45, 2.75) is 19.3 Å². The Balaban J connectivity index is 0.00000353. The molecule has 198 valence electrons. The van der Waals surface area contributed by atoms with E-state index in [-0.39, 0.29) is 38.0 Å². The second-order valence-electron chi connectivity index (χ2n) is 9.00. The van der Waals surface area contributed by atoms with Gasteiger partial charge in [-0.3, -0.25) is 15.0 Å². The maximum atomic E-state index is 14.7. The van der Waals surface area contributed by atoms with Gasteiger partial charge >= 0.3 is 5.97 Å². The number of halogens is 2. The summed E-state index contributed by atoms with van der Waals surface area (Å²) >= 11 is 0. The number of aromatic carboxylic acids is 1. The first-order valence-electron chi connectivity index (χ1n) is 11.6. The number of carbonyl (C=O) groups is 1. The van der Waals surface area contributed by atoms with Crippen LogP contribution >= 0.6 is 0 Å². The number of rotatable bonds is 6. The van der Waals surface area contributed by atoms with Gasteiger partial charge in [0, 0.05) is 50.1 Å². The minimum atomic E-state index is -1.19. The van der Waals surface area contributed by atoms with Crippen LogP contribution in [0.15, 0.2) is 79.1 Å². The first-order valence-corrected chi connectivity index (χ1v) is 11.6. The Morgan fingerprint density at radius 1 is 0.821 bits per heavy atom. The van der Waals surface area contributed by atoms with Gasteiger partial charge in [0.25, 0.3) is 0 Å². The van der Waals surface area contributed by atoms with Crippen LogP contribution in [0.4, 0.5) is 8.78 Å². The fourth-order valence-electron chi connectivity index (χ4n) is 3.99. The van der Waals surface area contributed by atoms with E-state index in [1.54, 1.807) is 60.9 Å². The van der Waals surface area contributed by atoms with E-state index < -0.39 is 23.3 Å². The van der Waals surface area contributed by atoms with Crippen LogP contribution in [0.25, 0.3) is 33.8 Å². The van der Waals surface area contributed by atoms with Gasteiger partial charge in [0.2, 0.25) is 0 Å². The van der Waals surface area contributed by atoms with Crippen LogP contribution in [-0.4, -0.2) is 36.0 Å². The van der Waals surface area contributed by atoms with Gasteiger partial charge in [-0.05, 0) is 67.6 Å². The molecule has 5 aromatic rings. The fraction of sp³-hybridized carbons (Fsp3) is 0.103. The molecule has 5 aromatic heterocycles. The zero-order valence-corrected chi connectivity index (χ0v) is 22.9. The molecule has 0 aliphatic rings. The zero-order chi connectivity index (χ0) is 26.9. The summed E-state index contributed by atoms with van der Waals surface area (Å²) in [6, 6.07) is 20.9. The second-order valence-corrected chi connectivity index (χ2v) is 9.00. The molecule has 0 bridgehead atoms. The summed E-state index contributed by atoms with van der Waals surface area (Å²) in [5.41, 5.74) is 2.19. The SMILES string of the molecule is CC(C)(c1cc(-c2ccccn2)cc(C(=O)O)n1)c1cc(-c2ccccn2)cc(-c2[c-]cc(F)nc2F)n1.[Pt]. The molecule has 0 unspecified atom stereocenters. The standard InChI is InChI=1S/C29H20F2N5O2.Pt/c1-29(2,25-16-18(14-23(35-25)28(37)38)21-8-4-6-12-33-21)24-15-17(20-7-3-5-11-32-20)13-22(34-24)19-9-10-26(30)36-27(19)31;/h3-8,10-16H,1-2H3,(H,37,38);/q-1;. The van der Waals surface area contributed by atoms with Gasteiger partial charge in [0.15, 0.2) is 0 Å². The summed E-state index contributed by atoms with van der Waals surface area (Å²) in [5, 5.41) is 9.77. The Bertz CT molecular complexity index is 1650. The van der Waals surface area contributed by atoms with Crippen LogP contribution in [0.5, 0.6) is 0 Å². The summed E-state index contributed by atoms with van der Waals surface area (Å²) in [4.78, 5) is 33.1. The molecule has 0 fully saturated rings. The number of aromatic nitrogens is 5. The van der Waals surface area contributed by atoms with E-state index in [1.807, 2.05) is 19.9 Å². The summed E-state index contributed by atoms with van der Waals surface area (Å²) < 4.78 is 28.2. The van der Waals surface area contributed by atoms with Gasteiger partial charge in [0.1, 0.15) is 17.6 Å². The maximum Gasteiger partial charge on any atom is 0.354 e. The van der Waals surface area contributed by atoms with Gasteiger partial charge in [-0.15, -0.1) is 6.07 Å². The topological polar surface area (TPSA) is 102 Å². The summed E-state index contributed by atoms with van der Waals surface area (Å²) in [7, 11) is 0. The molecule has 0 aliphatic carbocycles. The van der Waals surface area contributed by atoms with Crippen molar-refractivity contribution >= 4 is 5.97 Å². The van der Waals surface area contributed by atoms with Crippen LogP contribution in [0, 0.1) is 18.0 Å². The van der Waals surface area contributed by atoms with Crippen LogP contribution in [-0.2, 0) is 26.5 Å².